The quantitative estimate of drug-likeness (QED) is 0.441. The van der Waals surface area contributed by atoms with Gasteiger partial charge >= 0.3 is 0 Å². The zero-order chi connectivity index (χ0) is 18.5. The highest BCUT2D eigenvalue weighted by molar-refractivity contribution is 5.33. The fourth-order valence-corrected chi connectivity index (χ4v) is 3.19. The molecule has 0 atom stereocenters. The van der Waals surface area contributed by atoms with E-state index in [9.17, 15) is 0 Å². The highest BCUT2D eigenvalue weighted by Crippen LogP contribution is 2.18. The van der Waals surface area contributed by atoms with Gasteiger partial charge in [-0.05, 0) is 43.5 Å². The Morgan fingerprint density at radius 2 is 1.50 bits per heavy atom. The van der Waals surface area contributed by atoms with E-state index in [1.54, 1.807) is 0 Å². The largest absolute Gasteiger partial charge is 0.493 e. The van der Waals surface area contributed by atoms with Crippen LogP contribution in [0.15, 0.2) is 48.5 Å². The molecule has 0 radical (unpaired) electrons. The van der Waals surface area contributed by atoms with E-state index in [-0.39, 0.29) is 0 Å². The van der Waals surface area contributed by atoms with Gasteiger partial charge in [-0.3, -0.25) is 0 Å². The highest BCUT2D eigenvalue weighted by atomic mass is 16.5. The van der Waals surface area contributed by atoms with Crippen molar-refractivity contribution in [2.24, 2.45) is 0 Å². The zero-order valence-electron chi connectivity index (χ0n) is 16.6. The van der Waals surface area contributed by atoms with Crippen LogP contribution in [0.4, 0.5) is 0 Å². The molecule has 2 aromatic carbocycles. The van der Waals surface area contributed by atoms with E-state index in [0.29, 0.717) is 0 Å². The molecule has 0 saturated heterocycles. The first kappa shape index (κ1) is 20.5. The van der Waals surface area contributed by atoms with Crippen molar-refractivity contribution in [3.8, 4) is 5.75 Å². The molecule has 1 N–H and O–H groups in total. The molecule has 2 nitrogen and oxygen atoms in total. The van der Waals surface area contributed by atoms with Crippen LogP contribution < -0.4 is 10.1 Å². The van der Waals surface area contributed by atoms with Crippen molar-refractivity contribution in [1.82, 2.24) is 5.32 Å². The van der Waals surface area contributed by atoms with E-state index < -0.39 is 0 Å². The molecule has 2 aromatic rings. The Hall–Kier alpha value is -1.80. The summed E-state index contributed by atoms with van der Waals surface area (Å²) in [5.74, 6) is 1.03. The van der Waals surface area contributed by atoms with E-state index in [1.165, 1.54) is 48.8 Å². The van der Waals surface area contributed by atoms with Gasteiger partial charge in [-0.15, -0.1) is 0 Å². The van der Waals surface area contributed by atoms with Crippen LogP contribution in [-0.2, 0) is 13.0 Å². The second-order valence-electron chi connectivity index (χ2n) is 7.08. The minimum absolute atomic E-state index is 0.826. The number of benzene rings is 2. The molecule has 0 spiro atoms. The van der Waals surface area contributed by atoms with Crippen molar-refractivity contribution in [2.75, 3.05) is 13.2 Å². The van der Waals surface area contributed by atoms with Crippen LogP contribution in [0.25, 0.3) is 0 Å². The van der Waals surface area contributed by atoms with Gasteiger partial charge in [0, 0.05) is 12.1 Å². The Bertz CT molecular complexity index is 623. The summed E-state index contributed by atoms with van der Waals surface area (Å²) in [4.78, 5) is 0. The molecule has 0 saturated carbocycles. The van der Waals surface area contributed by atoms with Crippen LogP contribution in [0, 0.1) is 6.92 Å². The molecule has 2 heteroatoms. The van der Waals surface area contributed by atoms with Crippen molar-refractivity contribution in [2.45, 2.75) is 65.3 Å². The van der Waals surface area contributed by atoms with Gasteiger partial charge in [0.15, 0.2) is 0 Å². The zero-order valence-corrected chi connectivity index (χ0v) is 16.6. The molecule has 0 amide bonds. The van der Waals surface area contributed by atoms with Gasteiger partial charge in [-0.1, -0.05) is 81.5 Å². The molecule has 26 heavy (non-hydrogen) atoms. The number of unbranched alkanes of at least 4 members (excludes halogenated alkanes) is 5. The Kier molecular flexibility index (Phi) is 9.89. The lowest BCUT2D eigenvalue weighted by atomic mass is 10.1. The van der Waals surface area contributed by atoms with Gasteiger partial charge in [0.25, 0.3) is 0 Å². The van der Waals surface area contributed by atoms with Gasteiger partial charge in [-0.2, -0.15) is 0 Å². The average Bonchev–Trinajstić information content (AvgIpc) is 2.67. The summed E-state index contributed by atoms with van der Waals surface area (Å²) < 4.78 is 6.04. The van der Waals surface area contributed by atoms with Crippen molar-refractivity contribution in [3.05, 3.63) is 65.2 Å². The van der Waals surface area contributed by atoms with Gasteiger partial charge in [-0.25, -0.2) is 0 Å². The number of ether oxygens (including phenoxy) is 1. The number of aryl methyl sites for hydroxylation is 1. The number of hydrogen-bond acceptors (Lipinski definition) is 2. The normalized spacial score (nSPS) is 10.8. The fourth-order valence-electron chi connectivity index (χ4n) is 3.19. The molecule has 0 aromatic heterocycles. The molecule has 0 aliphatic heterocycles. The summed E-state index contributed by atoms with van der Waals surface area (Å²) in [5, 5.41) is 3.56. The molecular formula is C24H35NO. The van der Waals surface area contributed by atoms with Crippen LogP contribution in [0.2, 0.25) is 0 Å². The van der Waals surface area contributed by atoms with Crippen molar-refractivity contribution in [1.29, 1.82) is 0 Å². The van der Waals surface area contributed by atoms with Crippen LogP contribution in [0.1, 0.15) is 62.1 Å². The third kappa shape index (κ3) is 7.61. The van der Waals surface area contributed by atoms with E-state index in [2.05, 4.69) is 67.7 Å². The van der Waals surface area contributed by atoms with Crippen LogP contribution in [0.3, 0.4) is 0 Å². The van der Waals surface area contributed by atoms with Crippen LogP contribution in [-0.4, -0.2) is 13.2 Å². The van der Waals surface area contributed by atoms with Crippen LogP contribution in [0.5, 0.6) is 5.75 Å². The fraction of sp³-hybridized carbons (Fsp3) is 0.500. The molecule has 142 valence electrons. The SMILES string of the molecule is CCCCCCCCOc1ccccc1CNCCc1ccccc1C. The maximum Gasteiger partial charge on any atom is 0.123 e. The first-order valence-corrected chi connectivity index (χ1v) is 10.3. The third-order valence-electron chi connectivity index (χ3n) is 4.88. The van der Waals surface area contributed by atoms with Gasteiger partial charge < -0.3 is 10.1 Å². The standard InChI is InChI=1S/C24H35NO/c1-3-4-5-6-7-12-19-26-24-16-11-10-15-23(24)20-25-18-17-22-14-9-8-13-21(22)2/h8-11,13-16,25H,3-7,12,17-20H2,1-2H3. The summed E-state index contributed by atoms with van der Waals surface area (Å²) >= 11 is 0. The van der Waals surface area contributed by atoms with Gasteiger partial charge in [0.1, 0.15) is 5.75 Å². The summed E-state index contributed by atoms with van der Waals surface area (Å²) in [6, 6.07) is 17.0. The molecule has 0 bridgehead atoms. The molecule has 0 heterocycles. The minimum atomic E-state index is 0.826. The van der Waals surface area contributed by atoms with Gasteiger partial charge in [0.05, 0.1) is 6.61 Å². The van der Waals surface area contributed by atoms with Crippen LogP contribution >= 0.6 is 0 Å². The minimum Gasteiger partial charge on any atom is -0.493 e. The number of para-hydroxylation sites is 1. The summed E-state index contributed by atoms with van der Waals surface area (Å²) in [6.07, 6.45) is 8.85. The smallest absolute Gasteiger partial charge is 0.123 e. The maximum absolute atomic E-state index is 6.04. The molecule has 2 rings (SSSR count). The molecule has 0 unspecified atom stereocenters. The first-order chi connectivity index (χ1) is 12.8. The Morgan fingerprint density at radius 3 is 2.31 bits per heavy atom. The highest BCUT2D eigenvalue weighted by Gasteiger charge is 2.03. The number of hydrogen-bond donors (Lipinski definition) is 1. The summed E-state index contributed by atoms with van der Waals surface area (Å²) in [7, 11) is 0. The second-order valence-corrected chi connectivity index (χ2v) is 7.08. The van der Waals surface area contributed by atoms with E-state index in [0.717, 1.165) is 38.3 Å². The van der Waals surface area contributed by atoms with E-state index in [4.69, 9.17) is 4.74 Å². The monoisotopic (exact) mass is 353 g/mol. The lowest BCUT2D eigenvalue weighted by molar-refractivity contribution is 0.300. The molecular weight excluding hydrogens is 318 g/mol. The maximum atomic E-state index is 6.04. The Morgan fingerprint density at radius 1 is 0.808 bits per heavy atom. The third-order valence-corrected chi connectivity index (χ3v) is 4.88. The average molecular weight is 354 g/mol. The van der Waals surface area contributed by atoms with Crippen molar-refractivity contribution >= 4 is 0 Å². The topological polar surface area (TPSA) is 21.3 Å². The van der Waals surface area contributed by atoms with Gasteiger partial charge in [0.2, 0.25) is 0 Å². The Labute approximate surface area is 160 Å². The lowest BCUT2D eigenvalue weighted by Gasteiger charge is -2.12. The summed E-state index contributed by atoms with van der Waals surface area (Å²) in [5.41, 5.74) is 4.05. The molecule has 0 aliphatic carbocycles. The number of nitrogens with one attached hydrogen (secondary N) is 1. The molecule has 0 fully saturated rings. The van der Waals surface area contributed by atoms with Crippen molar-refractivity contribution < 1.29 is 4.74 Å². The first-order valence-electron chi connectivity index (χ1n) is 10.3. The number of rotatable bonds is 13. The van der Waals surface area contributed by atoms with E-state index in [1.807, 2.05) is 0 Å². The van der Waals surface area contributed by atoms with E-state index >= 15 is 0 Å². The molecule has 0 aliphatic rings. The Balaban J connectivity index is 1.68. The predicted molar refractivity (Wildman–Crippen MR) is 112 cm³/mol. The summed E-state index contributed by atoms with van der Waals surface area (Å²) in [6.45, 7) is 7.11. The van der Waals surface area contributed by atoms with Crippen molar-refractivity contribution in [3.63, 3.8) is 0 Å². The second kappa shape index (κ2) is 12.5. The predicted octanol–water partition coefficient (Wildman–Crippen LogP) is 6.07. The lowest BCUT2D eigenvalue weighted by Crippen LogP contribution is -2.17.